The molecule has 0 amide bonds. The lowest BCUT2D eigenvalue weighted by atomic mass is 9.98. The first-order valence-corrected chi connectivity index (χ1v) is 8.35. The second-order valence-electron chi connectivity index (χ2n) is 5.76. The van der Waals surface area contributed by atoms with Gasteiger partial charge in [-0.15, -0.1) is 0 Å². The summed E-state index contributed by atoms with van der Waals surface area (Å²) in [6.45, 7) is 0. The molecule has 0 unspecified atom stereocenters. The summed E-state index contributed by atoms with van der Waals surface area (Å²) < 4.78 is 33.2. The lowest BCUT2D eigenvalue weighted by Crippen LogP contribution is -1.95. The average Bonchev–Trinajstić information content (AvgIpc) is 2.70. The van der Waals surface area contributed by atoms with Gasteiger partial charge in [-0.1, -0.05) is 23.7 Å². The van der Waals surface area contributed by atoms with Crippen LogP contribution in [0.15, 0.2) is 55.0 Å². The Balaban J connectivity index is 1.94. The molecule has 0 saturated heterocycles. The number of rotatable bonds is 3. The monoisotopic (exact) mass is 383 g/mol. The number of aromatic nitrogens is 3. The maximum atomic E-state index is 14.4. The van der Waals surface area contributed by atoms with Crippen molar-refractivity contribution in [3.8, 4) is 28.3 Å². The van der Waals surface area contributed by atoms with Gasteiger partial charge in [-0.05, 0) is 29.8 Å². The molecular formula is C20H12ClF2N3O. The maximum Gasteiger partial charge on any atom is 0.224 e. The number of benzene rings is 2. The van der Waals surface area contributed by atoms with Crippen LogP contribution in [0.5, 0.6) is 5.88 Å². The highest BCUT2D eigenvalue weighted by atomic mass is 35.5. The van der Waals surface area contributed by atoms with Crippen LogP contribution in [0.1, 0.15) is 0 Å². The molecule has 0 aliphatic rings. The van der Waals surface area contributed by atoms with Crippen LogP contribution >= 0.6 is 11.6 Å². The van der Waals surface area contributed by atoms with Crippen LogP contribution < -0.4 is 4.74 Å². The van der Waals surface area contributed by atoms with Crippen molar-refractivity contribution in [2.24, 2.45) is 0 Å². The Labute approximate surface area is 158 Å². The predicted molar refractivity (Wildman–Crippen MR) is 99.7 cm³/mol. The molecule has 4 nitrogen and oxygen atoms in total. The van der Waals surface area contributed by atoms with E-state index in [-0.39, 0.29) is 10.6 Å². The first kappa shape index (κ1) is 17.3. The van der Waals surface area contributed by atoms with Crippen molar-refractivity contribution < 1.29 is 13.5 Å². The Morgan fingerprint density at radius 2 is 1.78 bits per heavy atom. The second-order valence-corrected chi connectivity index (χ2v) is 6.17. The minimum absolute atomic E-state index is 0.119. The lowest BCUT2D eigenvalue weighted by molar-refractivity contribution is 0.402. The van der Waals surface area contributed by atoms with Crippen molar-refractivity contribution in [1.82, 2.24) is 15.0 Å². The Kier molecular flexibility index (Phi) is 4.41. The van der Waals surface area contributed by atoms with Crippen molar-refractivity contribution in [2.75, 3.05) is 7.11 Å². The summed E-state index contributed by atoms with van der Waals surface area (Å²) in [6, 6.07) is 11.0. The molecule has 0 saturated carbocycles. The molecule has 2 aromatic heterocycles. The third-order valence-electron chi connectivity index (χ3n) is 4.18. The van der Waals surface area contributed by atoms with Crippen LogP contribution in [0, 0.1) is 11.6 Å². The smallest absolute Gasteiger partial charge is 0.224 e. The largest absolute Gasteiger partial charge is 0.480 e. The van der Waals surface area contributed by atoms with Crippen molar-refractivity contribution in [1.29, 1.82) is 0 Å². The quantitative estimate of drug-likeness (QED) is 0.450. The van der Waals surface area contributed by atoms with Crippen LogP contribution in [0.3, 0.4) is 0 Å². The zero-order valence-electron chi connectivity index (χ0n) is 14.1. The minimum Gasteiger partial charge on any atom is -0.480 e. The summed E-state index contributed by atoms with van der Waals surface area (Å²) in [5.41, 5.74) is 2.61. The summed E-state index contributed by atoms with van der Waals surface area (Å²) in [5, 5.41) is 0.543. The predicted octanol–water partition coefficient (Wildman–Crippen LogP) is 5.30. The van der Waals surface area contributed by atoms with Crippen molar-refractivity contribution in [3.63, 3.8) is 0 Å². The Morgan fingerprint density at radius 3 is 2.59 bits per heavy atom. The van der Waals surface area contributed by atoms with Crippen LogP contribution in [0.25, 0.3) is 33.3 Å². The number of hydrogen-bond donors (Lipinski definition) is 0. The molecule has 0 aliphatic carbocycles. The molecule has 27 heavy (non-hydrogen) atoms. The molecular weight excluding hydrogens is 372 g/mol. The van der Waals surface area contributed by atoms with Gasteiger partial charge in [-0.3, -0.25) is 4.98 Å². The molecule has 2 heterocycles. The molecule has 0 spiro atoms. The van der Waals surface area contributed by atoms with Crippen LogP contribution in [-0.2, 0) is 0 Å². The van der Waals surface area contributed by atoms with Gasteiger partial charge in [-0.2, -0.15) is 0 Å². The van der Waals surface area contributed by atoms with E-state index >= 15 is 0 Å². The fourth-order valence-corrected chi connectivity index (χ4v) is 3.08. The topological polar surface area (TPSA) is 47.9 Å². The Bertz CT molecular complexity index is 1170. The third-order valence-corrected chi connectivity index (χ3v) is 4.47. The number of fused-ring (bicyclic) bond motifs is 1. The van der Waals surface area contributed by atoms with Gasteiger partial charge < -0.3 is 4.74 Å². The van der Waals surface area contributed by atoms with E-state index in [9.17, 15) is 8.78 Å². The number of methoxy groups -OCH3 is 1. The highest BCUT2D eigenvalue weighted by molar-refractivity contribution is 6.31. The van der Waals surface area contributed by atoms with Crippen LogP contribution in [-0.4, -0.2) is 22.1 Å². The van der Waals surface area contributed by atoms with Crippen molar-refractivity contribution in [2.45, 2.75) is 0 Å². The molecule has 7 heteroatoms. The van der Waals surface area contributed by atoms with Crippen molar-refractivity contribution in [3.05, 3.63) is 71.6 Å². The van der Waals surface area contributed by atoms with E-state index in [1.807, 2.05) is 18.2 Å². The molecule has 2 aromatic carbocycles. The molecule has 0 aliphatic heterocycles. The molecule has 0 bridgehead atoms. The third kappa shape index (κ3) is 3.08. The van der Waals surface area contributed by atoms with E-state index in [1.165, 1.54) is 19.5 Å². The van der Waals surface area contributed by atoms with Gasteiger partial charge in [0.05, 0.1) is 28.7 Å². The molecule has 0 atom stereocenters. The molecule has 134 valence electrons. The van der Waals surface area contributed by atoms with Gasteiger partial charge in [0, 0.05) is 23.4 Å². The minimum atomic E-state index is -0.817. The van der Waals surface area contributed by atoms with E-state index in [4.69, 9.17) is 16.3 Å². The second kappa shape index (κ2) is 6.89. The summed E-state index contributed by atoms with van der Waals surface area (Å²) in [4.78, 5) is 12.6. The van der Waals surface area contributed by atoms with E-state index in [0.29, 0.717) is 28.0 Å². The molecule has 4 aromatic rings. The van der Waals surface area contributed by atoms with E-state index in [2.05, 4.69) is 15.0 Å². The zero-order chi connectivity index (χ0) is 19.0. The molecule has 0 N–H and O–H groups in total. The van der Waals surface area contributed by atoms with Gasteiger partial charge in [0.25, 0.3) is 0 Å². The standard InChI is InChI=1S/C20H12ClF2N3O/c1-27-20-14-7-11(4-5-18(14)25-10-26-20)12-3-2-6-24-19(12)13-8-15(21)17(23)9-16(13)22/h2-10H,1H3. The normalized spacial score (nSPS) is 11.0. The van der Waals surface area contributed by atoms with Crippen molar-refractivity contribution >= 4 is 22.5 Å². The first-order valence-electron chi connectivity index (χ1n) is 7.97. The summed E-state index contributed by atoms with van der Waals surface area (Å²) in [5.74, 6) is -1.12. The zero-order valence-corrected chi connectivity index (χ0v) is 14.8. The Morgan fingerprint density at radius 1 is 0.926 bits per heavy atom. The molecule has 0 fully saturated rings. The number of nitrogens with zero attached hydrogens (tertiary/aromatic N) is 3. The maximum absolute atomic E-state index is 14.4. The van der Waals surface area contributed by atoms with Gasteiger partial charge in [0.15, 0.2) is 0 Å². The first-order chi connectivity index (χ1) is 13.1. The summed E-state index contributed by atoms with van der Waals surface area (Å²) >= 11 is 5.85. The molecule has 0 radical (unpaired) electrons. The van der Waals surface area contributed by atoms with Crippen LogP contribution in [0.2, 0.25) is 5.02 Å². The fraction of sp³-hybridized carbons (Fsp3) is 0.0500. The van der Waals surface area contributed by atoms with E-state index in [1.54, 1.807) is 18.3 Å². The fourth-order valence-electron chi connectivity index (χ4n) is 2.92. The van der Waals surface area contributed by atoms with E-state index < -0.39 is 11.6 Å². The Hall–Kier alpha value is -3.12. The van der Waals surface area contributed by atoms with Gasteiger partial charge in [-0.25, -0.2) is 18.7 Å². The number of pyridine rings is 1. The van der Waals surface area contributed by atoms with Gasteiger partial charge in [0.2, 0.25) is 5.88 Å². The lowest BCUT2D eigenvalue weighted by Gasteiger charge is -2.12. The average molecular weight is 384 g/mol. The number of ether oxygens (including phenoxy) is 1. The number of halogens is 3. The number of hydrogen-bond acceptors (Lipinski definition) is 4. The summed E-state index contributed by atoms with van der Waals surface area (Å²) in [6.07, 6.45) is 2.96. The molecule has 4 rings (SSSR count). The van der Waals surface area contributed by atoms with Gasteiger partial charge in [0.1, 0.15) is 18.0 Å². The summed E-state index contributed by atoms with van der Waals surface area (Å²) in [7, 11) is 1.53. The van der Waals surface area contributed by atoms with Crippen LogP contribution in [0.4, 0.5) is 8.78 Å². The highest BCUT2D eigenvalue weighted by Gasteiger charge is 2.16. The SMILES string of the molecule is COc1ncnc2ccc(-c3cccnc3-c3cc(Cl)c(F)cc3F)cc12. The van der Waals surface area contributed by atoms with Gasteiger partial charge >= 0.3 is 0 Å². The highest BCUT2D eigenvalue weighted by Crippen LogP contribution is 2.35. The van der Waals surface area contributed by atoms with E-state index in [0.717, 1.165) is 11.6 Å².